The number of nitrogens with one attached hydrogen (secondary N) is 1. The lowest BCUT2D eigenvalue weighted by Crippen LogP contribution is -2.42. The van der Waals surface area contributed by atoms with Crippen LogP contribution in [0, 0.1) is 5.92 Å². The Bertz CT molecular complexity index is 1090. The number of hydrogen-bond donors (Lipinski definition) is 1. The van der Waals surface area contributed by atoms with Gasteiger partial charge < -0.3 is 19.9 Å². The molecule has 192 valence electrons. The molecule has 7 nitrogen and oxygen atoms in total. The monoisotopic (exact) mass is 497 g/mol. The summed E-state index contributed by atoms with van der Waals surface area (Å²) in [5, 5.41) is 3.45. The third-order valence-electron chi connectivity index (χ3n) is 8.16. The minimum Gasteiger partial charge on any atom is -0.378 e. The van der Waals surface area contributed by atoms with Gasteiger partial charge in [-0.2, -0.15) is 0 Å². The Balaban J connectivity index is 1.24. The highest BCUT2D eigenvalue weighted by molar-refractivity contribution is 6.00. The summed E-state index contributed by atoms with van der Waals surface area (Å²) in [6, 6.07) is 10.3. The standard InChI is InChI=1S/C27H33F2N5O2/c28-22-16-33(17-23(22)29)20-5-3-18(4-6-20)27(35)34-15-19-2-1-9-30-26(19)31-24-8-7-21(14-25(24)34)32-10-12-36-13-11-32/h1-2,7-9,14,18,20,22-23H,3-6,10-13,15-17H2,(H,30,31)/t18-,20-,22-,23-/m0/s1. The molecule has 4 heterocycles. The normalized spacial score (nSPS) is 28.7. The van der Waals surface area contributed by atoms with Gasteiger partial charge >= 0.3 is 0 Å². The van der Waals surface area contributed by atoms with Crippen molar-refractivity contribution in [2.75, 3.05) is 54.5 Å². The number of ether oxygens (including phenoxy) is 1. The molecular weight excluding hydrogens is 464 g/mol. The van der Waals surface area contributed by atoms with Gasteiger partial charge in [0.15, 0.2) is 0 Å². The molecule has 0 spiro atoms. The summed E-state index contributed by atoms with van der Waals surface area (Å²) >= 11 is 0. The van der Waals surface area contributed by atoms with Crippen molar-refractivity contribution >= 4 is 28.8 Å². The maximum atomic E-state index is 14.0. The van der Waals surface area contributed by atoms with Gasteiger partial charge in [-0.3, -0.25) is 9.69 Å². The van der Waals surface area contributed by atoms with Crippen molar-refractivity contribution in [1.82, 2.24) is 9.88 Å². The van der Waals surface area contributed by atoms with Crippen LogP contribution >= 0.6 is 0 Å². The number of benzene rings is 1. The zero-order valence-corrected chi connectivity index (χ0v) is 20.4. The molecule has 0 radical (unpaired) electrons. The van der Waals surface area contributed by atoms with Crippen molar-refractivity contribution in [1.29, 1.82) is 0 Å². The van der Waals surface area contributed by atoms with Gasteiger partial charge in [0, 0.05) is 55.6 Å². The van der Waals surface area contributed by atoms with Crippen LogP contribution in [-0.4, -0.2) is 73.6 Å². The van der Waals surface area contributed by atoms with Gasteiger partial charge in [-0.05, 0) is 49.9 Å². The maximum Gasteiger partial charge on any atom is 0.230 e. The van der Waals surface area contributed by atoms with E-state index in [1.54, 1.807) is 6.20 Å². The summed E-state index contributed by atoms with van der Waals surface area (Å²) < 4.78 is 33.0. The fraction of sp³-hybridized carbons (Fsp3) is 0.556. The number of rotatable bonds is 3. The highest BCUT2D eigenvalue weighted by Crippen LogP contribution is 2.40. The van der Waals surface area contributed by atoms with Crippen LogP contribution in [-0.2, 0) is 16.1 Å². The predicted octanol–water partition coefficient (Wildman–Crippen LogP) is 4.06. The first-order valence-electron chi connectivity index (χ1n) is 13.1. The van der Waals surface area contributed by atoms with Crippen molar-refractivity contribution in [3.05, 3.63) is 42.1 Å². The van der Waals surface area contributed by atoms with Gasteiger partial charge in [0.2, 0.25) is 5.91 Å². The van der Waals surface area contributed by atoms with Gasteiger partial charge in [-0.25, -0.2) is 13.8 Å². The number of amides is 1. The molecule has 1 aliphatic carbocycles. The SMILES string of the molecule is O=C([C@H]1CC[C@H](N2C[C@H](F)[C@@H](F)C2)CC1)N1Cc2cccnc2Nc2ccc(N3CCOCC3)cc21. The summed E-state index contributed by atoms with van der Waals surface area (Å²) in [6.07, 6.45) is 2.03. The number of aromatic nitrogens is 1. The molecule has 0 bridgehead atoms. The molecule has 2 atom stereocenters. The van der Waals surface area contributed by atoms with Gasteiger partial charge in [-0.15, -0.1) is 0 Å². The molecule has 36 heavy (non-hydrogen) atoms. The van der Waals surface area contributed by atoms with Gasteiger partial charge in [0.05, 0.1) is 31.1 Å². The van der Waals surface area contributed by atoms with Crippen LogP contribution in [0.5, 0.6) is 0 Å². The van der Waals surface area contributed by atoms with Crippen LogP contribution in [0.1, 0.15) is 31.2 Å². The molecule has 1 saturated carbocycles. The Morgan fingerprint density at radius 3 is 2.53 bits per heavy atom. The molecule has 3 fully saturated rings. The number of morpholine rings is 1. The summed E-state index contributed by atoms with van der Waals surface area (Å²) in [6.45, 7) is 3.82. The minimum atomic E-state index is -1.39. The van der Waals surface area contributed by atoms with E-state index in [4.69, 9.17) is 4.74 Å². The zero-order valence-electron chi connectivity index (χ0n) is 20.4. The summed E-state index contributed by atoms with van der Waals surface area (Å²) in [5.74, 6) is 0.775. The molecule has 3 aliphatic heterocycles. The number of fused-ring (bicyclic) bond motifs is 2. The quantitative estimate of drug-likeness (QED) is 0.690. The van der Waals surface area contributed by atoms with Crippen LogP contribution in [0.15, 0.2) is 36.5 Å². The van der Waals surface area contributed by atoms with E-state index in [-0.39, 0.29) is 31.0 Å². The number of anilines is 4. The van der Waals surface area contributed by atoms with Crippen LogP contribution in [0.4, 0.5) is 31.7 Å². The maximum absolute atomic E-state index is 14.0. The first kappa shape index (κ1) is 23.6. The van der Waals surface area contributed by atoms with Gasteiger partial charge in [-0.1, -0.05) is 6.07 Å². The largest absolute Gasteiger partial charge is 0.378 e. The molecule has 0 unspecified atom stereocenters. The van der Waals surface area contributed by atoms with E-state index in [2.05, 4.69) is 27.3 Å². The molecule has 6 rings (SSSR count). The smallest absolute Gasteiger partial charge is 0.230 e. The summed E-state index contributed by atoms with van der Waals surface area (Å²) in [7, 11) is 0. The van der Waals surface area contributed by atoms with Gasteiger partial charge in [0.25, 0.3) is 0 Å². The second-order valence-corrected chi connectivity index (χ2v) is 10.4. The molecule has 4 aliphatic rings. The Kier molecular flexibility index (Phi) is 6.52. The van der Waals surface area contributed by atoms with Crippen LogP contribution < -0.4 is 15.1 Å². The molecule has 1 amide bonds. The Hall–Kier alpha value is -2.78. The second-order valence-electron chi connectivity index (χ2n) is 10.4. The van der Waals surface area contributed by atoms with E-state index in [0.29, 0.717) is 19.8 Å². The number of hydrogen-bond acceptors (Lipinski definition) is 6. The van der Waals surface area contributed by atoms with E-state index >= 15 is 0 Å². The molecular formula is C27H33F2N5O2. The van der Waals surface area contributed by atoms with E-state index in [1.165, 1.54) is 0 Å². The van der Waals surface area contributed by atoms with Crippen LogP contribution in [0.25, 0.3) is 0 Å². The molecule has 1 N–H and O–H groups in total. The first-order valence-corrected chi connectivity index (χ1v) is 13.1. The molecule has 1 aromatic heterocycles. The summed E-state index contributed by atoms with van der Waals surface area (Å²) in [5.41, 5.74) is 3.79. The number of carbonyl (C=O) groups is 1. The predicted molar refractivity (Wildman–Crippen MR) is 135 cm³/mol. The lowest BCUT2D eigenvalue weighted by atomic mass is 9.84. The number of pyridine rings is 1. The fourth-order valence-electron chi connectivity index (χ4n) is 6.08. The van der Waals surface area contributed by atoms with E-state index in [0.717, 1.165) is 67.2 Å². The van der Waals surface area contributed by atoms with Crippen molar-refractivity contribution in [2.24, 2.45) is 5.92 Å². The van der Waals surface area contributed by atoms with E-state index < -0.39 is 12.3 Å². The fourth-order valence-corrected chi connectivity index (χ4v) is 6.08. The number of nitrogens with zero attached hydrogens (tertiary/aromatic N) is 4. The Morgan fingerprint density at radius 2 is 1.78 bits per heavy atom. The van der Waals surface area contributed by atoms with Crippen molar-refractivity contribution in [2.45, 2.75) is 50.6 Å². The van der Waals surface area contributed by atoms with E-state index in [9.17, 15) is 13.6 Å². The zero-order chi connectivity index (χ0) is 24.6. The van der Waals surface area contributed by atoms with Crippen molar-refractivity contribution < 1.29 is 18.3 Å². The first-order chi connectivity index (χ1) is 17.6. The number of halogens is 2. The lowest BCUT2D eigenvalue weighted by molar-refractivity contribution is -0.123. The average molecular weight is 498 g/mol. The third-order valence-corrected chi connectivity index (χ3v) is 8.16. The summed E-state index contributed by atoms with van der Waals surface area (Å²) in [4.78, 5) is 24.7. The van der Waals surface area contributed by atoms with Crippen LogP contribution in [0.2, 0.25) is 0 Å². The highest BCUT2D eigenvalue weighted by Gasteiger charge is 2.39. The molecule has 9 heteroatoms. The number of alkyl halides is 2. The second kappa shape index (κ2) is 9.94. The Labute approximate surface area is 210 Å². The molecule has 2 saturated heterocycles. The average Bonchev–Trinajstić information content (AvgIpc) is 3.16. The third kappa shape index (κ3) is 4.54. The van der Waals surface area contributed by atoms with Crippen molar-refractivity contribution in [3.8, 4) is 0 Å². The van der Waals surface area contributed by atoms with Crippen molar-refractivity contribution in [3.63, 3.8) is 0 Å². The Morgan fingerprint density at radius 1 is 1.03 bits per heavy atom. The van der Waals surface area contributed by atoms with Crippen LogP contribution in [0.3, 0.4) is 0 Å². The minimum absolute atomic E-state index is 0.107. The van der Waals surface area contributed by atoms with Gasteiger partial charge in [0.1, 0.15) is 18.2 Å². The van der Waals surface area contributed by atoms with E-state index in [1.807, 2.05) is 28.0 Å². The molecule has 1 aromatic carbocycles. The highest BCUT2D eigenvalue weighted by atomic mass is 19.2. The number of carbonyl (C=O) groups excluding carboxylic acids is 1. The number of likely N-dealkylation sites (tertiary alicyclic amines) is 1. The topological polar surface area (TPSA) is 60.9 Å². The molecule has 2 aromatic rings. The lowest BCUT2D eigenvalue weighted by Gasteiger charge is -2.36.